The van der Waals surface area contributed by atoms with Crippen LogP contribution in [0.1, 0.15) is 72.1 Å². The van der Waals surface area contributed by atoms with E-state index in [9.17, 15) is 32.7 Å². The lowest BCUT2D eigenvalue weighted by molar-refractivity contribution is -0.142. The minimum absolute atomic E-state index is 0.0255. The van der Waals surface area contributed by atoms with E-state index < -0.39 is 68.2 Å². The van der Waals surface area contributed by atoms with Gasteiger partial charge in [0.1, 0.15) is 29.5 Å². The predicted octanol–water partition coefficient (Wildman–Crippen LogP) is 4.16. The SMILES string of the molecule is CC[C@@H]1C[C@H](C)CC/C=C\[C@@H]2C[C@@]2(C(=O)NS(=O)(=O)C2(C)CC2)NC(=O)[C@@H]2C[C@@H](Oc3ncc(-c4cnco4)c4cc(OC)ccc34)CN2C(=O)[C@H]1NC(=O)O. The highest BCUT2D eigenvalue weighted by molar-refractivity contribution is 7.91. The normalized spacial score (nSPS) is 29.5. The molecule has 4 amide bonds. The summed E-state index contributed by atoms with van der Waals surface area (Å²) in [6, 6.07) is 2.97. The number of amides is 4. The highest BCUT2D eigenvalue weighted by Crippen LogP contribution is 2.48. The smallest absolute Gasteiger partial charge is 0.405 e. The summed E-state index contributed by atoms with van der Waals surface area (Å²) in [5, 5.41) is 16.5. The summed E-state index contributed by atoms with van der Waals surface area (Å²) in [6.07, 6.45) is 9.46. The Bertz CT molecular complexity index is 2160. The molecule has 17 heteroatoms. The summed E-state index contributed by atoms with van der Waals surface area (Å²) >= 11 is 0. The van der Waals surface area contributed by atoms with Crippen LogP contribution in [0.15, 0.2) is 53.6 Å². The fourth-order valence-corrected chi connectivity index (χ4v) is 9.38. The first-order valence-electron chi connectivity index (χ1n) is 19.1. The molecule has 4 heterocycles. The number of sulfonamides is 1. The van der Waals surface area contributed by atoms with Gasteiger partial charge in [-0.3, -0.25) is 19.1 Å². The molecule has 56 heavy (non-hydrogen) atoms. The van der Waals surface area contributed by atoms with Crippen molar-refractivity contribution >= 4 is 44.6 Å². The van der Waals surface area contributed by atoms with Crippen molar-refractivity contribution in [2.24, 2.45) is 17.8 Å². The molecular weight excluding hydrogens is 745 g/mol. The maximum Gasteiger partial charge on any atom is 0.405 e. The van der Waals surface area contributed by atoms with Crippen molar-refractivity contribution in [3.05, 3.63) is 49.1 Å². The number of aromatic nitrogens is 2. The van der Waals surface area contributed by atoms with Crippen molar-refractivity contribution in [2.75, 3.05) is 13.7 Å². The molecule has 7 rings (SSSR count). The second-order valence-electron chi connectivity index (χ2n) is 15.8. The fourth-order valence-electron chi connectivity index (χ4n) is 8.07. The molecule has 16 nitrogen and oxygen atoms in total. The standard InChI is InChI=1S/C39H48N6O10S/c1-5-23-14-22(2)8-6-7-9-24-17-39(24,36(48)44-56(51,52)38(3)12-13-38)43-33(46)30-16-26(20-45(30)35(47)32(23)42-37(49)50)55-34-27-11-10-25(53-4)15-28(27)29(18-41-34)31-19-40-21-54-31/h7,9-11,15,18-19,21-24,26,30,32,42H,5-6,8,12-14,16-17,20H2,1-4H3,(H,43,46)(H,44,48)(H,49,50)/b9-7-/t22-,23-,24-,26-,30+,32+,39-/m1/s1. The van der Waals surface area contributed by atoms with Gasteiger partial charge < -0.3 is 34.5 Å². The summed E-state index contributed by atoms with van der Waals surface area (Å²) < 4.78 is 45.1. The van der Waals surface area contributed by atoms with Gasteiger partial charge in [0.25, 0.3) is 5.91 Å². The third kappa shape index (κ3) is 7.52. The zero-order chi connectivity index (χ0) is 40.0. The van der Waals surface area contributed by atoms with Crippen LogP contribution in [0.3, 0.4) is 0 Å². The molecule has 1 aromatic carbocycles. The Balaban J connectivity index is 1.24. The van der Waals surface area contributed by atoms with E-state index in [0.717, 1.165) is 6.42 Å². The van der Waals surface area contributed by atoms with E-state index >= 15 is 0 Å². The Morgan fingerprint density at radius 2 is 1.95 bits per heavy atom. The summed E-state index contributed by atoms with van der Waals surface area (Å²) in [6.45, 7) is 5.42. The second-order valence-corrected chi connectivity index (χ2v) is 18.0. The number of hydrogen-bond donors (Lipinski definition) is 4. The molecule has 2 saturated carbocycles. The van der Waals surface area contributed by atoms with Crippen LogP contribution >= 0.6 is 0 Å². The summed E-state index contributed by atoms with van der Waals surface area (Å²) in [5.41, 5.74) is -0.933. The third-order valence-electron chi connectivity index (χ3n) is 11.9. The molecule has 3 aromatic rings. The lowest BCUT2D eigenvalue weighted by Crippen LogP contribution is -2.59. The molecule has 0 spiro atoms. The number of methoxy groups -OCH3 is 1. The Morgan fingerprint density at radius 1 is 1.16 bits per heavy atom. The first-order chi connectivity index (χ1) is 26.7. The molecule has 1 saturated heterocycles. The molecule has 2 aromatic heterocycles. The van der Waals surface area contributed by atoms with Crippen LogP contribution in [0.2, 0.25) is 0 Å². The number of benzene rings is 1. The number of allylic oxidation sites excluding steroid dienone is 1. The summed E-state index contributed by atoms with van der Waals surface area (Å²) in [7, 11) is -2.48. The number of hydrogen-bond acceptors (Lipinski definition) is 11. The summed E-state index contributed by atoms with van der Waals surface area (Å²) in [5.74, 6) is -1.59. The van der Waals surface area contributed by atoms with Crippen LogP contribution in [-0.2, 0) is 24.4 Å². The predicted molar refractivity (Wildman–Crippen MR) is 203 cm³/mol. The first kappa shape index (κ1) is 39.1. The van der Waals surface area contributed by atoms with E-state index in [2.05, 4.69) is 25.3 Å². The van der Waals surface area contributed by atoms with E-state index in [-0.39, 0.29) is 37.1 Å². The monoisotopic (exact) mass is 792 g/mol. The maximum absolute atomic E-state index is 14.6. The van der Waals surface area contributed by atoms with Crippen molar-refractivity contribution in [2.45, 2.75) is 101 Å². The number of ether oxygens (including phenoxy) is 2. The average Bonchev–Trinajstić information content (AvgIpc) is 3.92. The van der Waals surface area contributed by atoms with E-state index in [1.54, 1.807) is 44.6 Å². The third-order valence-corrected chi connectivity index (χ3v) is 14.1. The number of pyridine rings is 1. The van der Waals surface area contributed by atoms with Gasteiger partial charge in [0.05, 0.1) is 24.6 Å². The van der Waals surface area contributed by atoms with Gasteiger partial charge in [-0.2, -0.15) is 0 Å². The Hall–Kier alpha value is -5.19. The maximum atomic E-state index is 14.6. The van der Waals surface area contributed by atoms with Gasteiger partial charge in [-0.25, -0.2) is 23.2 Å². The van der Waals surface area contributed by atoms with E-state index in [4.69, 9.17) is 13.9 Å². The number of carbonyl (C=O) groups excluding carboxylic acids is 3. The number of fused-ring (bicyclic) bond motifs is 3. The number of carbonyl (C=O) groups is 4. The molecule has 0 radical (unpaired) electrons. The van der Waals surface area contributed by atoms with Crippen LogP contribution in [0.5, 0.6) is 11.6 Å². The van der Waals surface area contributed by atoms with Gasteiger partial charge in [-0.1, -0.05) is 32.4 Å². The molecule has 7 atom stereocenters. The van der Waals surface area contributed by atoms with Crippen LogP contribution in [0.25, 0.3) is 22.1 Å². The van der Waals surface area contributed by atoms with Gasteiger partial charge in [0.2, 0.25) is 27.7 Å². The highest BCUT2D eigenvalue weighted by Gasteiger charge is 2.63. The van der Waals surface area contributed by atoms with Crippen LogP contribution in [0, 0.1) is 17.8 Å². The molecule has 3 fully saturated rings. The average molecular weight is 793 g/mol. The van der Waals surface area contributed by atoms with Gasteiger partial charge in [0.15, 0.2) is 12.2 Å². The first-order valence-corrected chi connectivity index (χ1v) is 20.5. The van der Waals surface area contributed by atoms with E-state index in [1.807, 2.05) is 26.0 Å². The van der Waals surface area contributed by atoms with Crippen molar-refractivity contribution in [3.63, 3.8) is 0 Å². The lowest BCUT2D eigenvalue weighted by Gasteiger charge is -2.33. The zero-order valence-electron chi connectivity index (χ0n) is 31.8. The number of carboxylic acid groups (broad SMARTS) is 1. The Labute approximate surface area is 324 Å². The van der Waals surface area contributed by atoms with E-state index in [1.165, 1.54) is 11.3 Å². The largest absolute Gasteiger partial charge is 0.497 e. The topological polar surface area (TPSA) is 219 Å². The second kappa shape index (κ2) is 15.0. The van der Waals surface area contributed by atoms with Crippen molar-refractivity contribution in [1.82, 2.24) is 30.2 Å². The van der Waals surface area contributed by atoms with Gasteiger partial charge >= 0.3 is 6.09 Å². The summed E-state index contributed by atoms with van der Waals surface area (Å²) in [4.78, 5) is 65.1. The molecule has 0 unspecified atom stereocenters. The van der Waals surface area contributed by atoms with Crippen molar-refractivity contribution < 1.29 is 46.6 Å². The molecule has 4 aliphatic rings. The number of rotatable bonds is 9. The molecule has 0 bridgehead atoms. The lowest BCUT2D eigenvalue weighted by atomic mass is 9.85. The van der Waals surface area contributed by atoms with Crippen LogP contribution < -0.4 is 24.8 Å². The molecule has 2 aliphatic carbocycles. The van der Waals surface area contributed by atoms with Crippen LogP contribution in [0.4, 0.5) is 4.79 Å². The minimum Gasteiger partial charge on any atom is -0.497 e. The molecule has 2 aliphatic heterocycles. The number of nitrogens with one attached hydrogen (secondary N) is 3. The van der Waals surface area contributed by atoms with Crippen molar-refractivity contribution in [1.29, 1.82) is 0 Å². The zero-order valence-corrected chi connectivity index (χ0v) is 32.6. The fraction of sp³-hybridized carbons (Fsp3) is 0.538. The Morgan fingerprint density at radius 3 is 2.62 bits per heavy atom. The minimum atomic E-state index is -4.02. The number of oxazole rings is 1. The van der Waals surface area contributed by atoms with E-state index in [0.29, 0.717) is 59.9 Å². The van der Waals surface area contributed by atoms with Crippen molar-refractivity contribution in [3.8, 4) is 23.0 Å². The van der Waals surface area contributed by atoms with Gasteiger partial charge in [0, 0.05) is 34.9 Å². The quantitative estimate of drug-likeness (QED) is 0.225. The molecule has 300 valence electrons. The number of nitrogens with zero attached hydrogens (tertiary/aromatic N) is 3. The molecule has 4 N–H and O–H groups in total. The van der Waals surface area contributed by atoms with Gasteiger partial charge in [-0.05, 0) is 75.5 Å². The van der Waals surface area contributed by atoms with Gasteiger partial charge in [-0.15, -0.1) is 0 Å². The Kier molecular flexibility index (Phi) is 10.5. The molecular formula is C39H48N6O10S. The highest BCUT2D eigenvalue weighted by atomic mass is 32.2. The van der Waals surface area contributed by atoms with Crippen LogP contribution in [-0.4, -0.2) is 94.3 Å².